The van der Waals surface area contributed by atoms with Gasteiger partial charge in [-0.3, -0.25) is 4.79 Å². The van der Waals surface area contributed by atoms with Crippen molar-refractivity contribution in [3.63, 3.8) is 0 Å². The lowest BCUT2D eigenvalue weighted by Gasteiger charge is -2.31. The maximum absolute atomic E-state index is 15.2. The summed E-state index contributed by atoms with van der Waals surface area (Å²) in [4.78, 5) is 12.7. The second-order valence-corrected chi connectivity index (χ2v) is 8.53. The van der Waals surface area contributed by atoms with Crippen LogP contribution in [0.4, 0.5) is 8.78 Å². The molecule has 2 aromatic heterocycles. The van der Waals surface area contributed by atoms with Crippen LogP contribution in [0.25, 0.3) is 11.0 Å². The van der Waals surface area contributed by atoms with Crippen molar-refractivity contribution in [3.8, 4) is 5.75 Å². The van der Waals surface area contributed by atoms with E-state index in [-0.39, 0.29) is 35.6 Å². The standard InChI is InChI=1S/C23H25F2N5O3/c1-2-30-6-4-12-7-18(28-29-22(12)30)23(32)27-13-8-16-17(24)9-15(20(25)21(16)33-11-13)14-3-5-26-10-19(14)31/h4,6-7,9,13-14,19,26,31H,2-3,5,8,10-11H2,1H3,(H,27,32)/t13-,14+,19+/m1/s1. The SMILES string of the molecule is CCn1ccc2cc(C(=O)N[C@H]3COc4c(F)c([C@@H]5CCNC[C@@H]5O)cc(F)c4C3)nnc21. The monoisotopic (exact) mass is 457 g/mol. The molecule has 5 rings (SSSR count). The number of piperidine rings is 1. The Bertz CT molecular complexity index is 1210. The number of nitrogens with one attached hydrogen (secondary N) is 2. The lowest BCUT2D eigenvalue weighted by atomic mass is 9.85. The number of β-amino-alcohol motifs (C(OH)–C–C–N with tert-alkyl or cyclic N) is 1. The Morgan fingerprint density at radius 1 is 1.36 bits per heavy atom. The number of amides is 1. The second kappa shape index (κ2) is 8.68. The summed E-state index contributed by atoms with van der Waals surface area (Å²) in [6.45, 7) is 3.67. The van der Waals surface area contributed by atoms with E-state index >= 15 is 4.39 Å². The minimum absolute atomic E-state index is 0.00475. The number of halogens is 2. The van der Waals surface area contributed by atoms with Crippen LogP contribution in [0.1, 0.15) is 40.9 Å². The maximum Gasteiger partial charge on any atom is 0.272 e. The Balaban J connectivity index is 1.34. The molecule has 2 aliphatic rings. The highest BCUT2D eigenvalue weighted by Gasteiger charge is 2.34. The number of carbonyl (C=O) groups is 1. The summed E-state index contributed by atoms with van der Waals surface area (Å²) in [5, 5.41) is 25.0. The summed E-state index contributed by atoms with van der Waals surface area (Å²) >= 11 is 0. The first-order chi connectivity index (χ1) is 16.0. The van der Waals surface area contributed by atoms with E-state index in [1.807, 2.05) is 23.8 Å². The normalized spacial score (nSPS) is 22.6. The smallest absolute Gasteiger partial charge is 0.272 e. The first-order valence-corrected chi connectivity index (χ1v) is 11.1. The van der Waals surface area contributed by atoms with Gasteiger partial charge in [-0.25, -0.2) is 8.78 Å². The van der Waals surface area contributed by atoms with Gasteiger partial charge in [0.15, 0.2) is 22.9 Å². The van der Waals surface area contributed by atoms with Gasteiger partial charge in [0, 0.05) is 48.1 Å². The molecule has 3 N–H and O–H groups in total. The van der Waals surface area contributed by atoms with Gasteiger partial charge in [-0.2, -0.15) is 0 Å². The number of benzene rings is 1. The van der Waals surface area contributed by atoms with Gasteiger partial charge in [0.1, 0.15) is 12.4 Å². The number of fused-ring (bicyclic) bond motifs is 2. The number of aromatic nitrogens is 3. The Morgan fingerprint density at radius 3 is 3.00 bits per heavy atom. The molecule has 1 saturated heterocycles. The van der Waals surface area contributed by atoms with E-state index in [0.29, 0.717) is 25.2 Å². The van der Waals surface area contributed by atoms with Gasteiger partial charge in [-0.1, -0.05) is 0 Å². The number of aliphatic hydroxyl groups excluding tert-OH is 1. The van der Waals surface area contributed by atoms with Crippen molar-refractivity contribution in [1.82, 2.24) is 25.4 Å². The average Bonchev–Trinajstić information content (AvgIpc) is 3.24. The Morgan fingerprint density at radius 2 is 2.21 bits per heavy atom. The molecule has 1 fully saturated rings. The summed E-state index contributed by atoms with van der Waals surface area (Å²) in [6, 6.07) is 4.11. The molecular weight excluding hydrogens is 432 g/mol. The van der Waals surface area contributed by atoms with Gasteiger partial charge in [-0.15, -0.1) is 10.2 Å². The molecule has 3 aromatic rings. The van der Waals surface area contributed by atoms with Crippen LogP contribution >= 0.6 is 0 Å². The molecule has 0 saturated carbocycles. The number of aryl methyl sites for hydroxylation is 1. The molecule has 3 atom stereocenters. The summed E-state index contributed by atoms with van der Waals surface area (Å²) in [5.74, 6) is -2.33. The highest BCUT2D eigenvalue weighted by atomic mass is 19.1. The van der Waals surface area contributed by atoms with Gasteiger partial charge in [0.05, 0.1) is 12.1 Å². The molecule has 0 aliphatic carbocycles. The van der Waals surface area contributed by atoms with Crippen LogP contribution in [-0.4, -0.2) is 57.6 Å². The zero-order valence-electron chi connectivity index (χ0n) is 18.1. The van der Waals surface area contributed by atoms with Crippen LogP contribution in [0.15, 0.2) is 24.4 Å². The van der Waals surface area contributed by atoms with Crippen molar-refractivity contribution in [2.45, 2.75) is 44.4 Å². The number of hydrogen-bond donors (Lipinski definition) is 3. The Kier molecular flexibility index (Phi) is 5.71. The molecule has 10 heteroatoms. The number of ether oxygens (including phenoxy) is 1. The lowest BCUT2D eigenvalue weighted by Crippen LogP contribution is -2.44. The topological polar surface area (TPSA) is 101 Å². The minimum Gasteiger partial charge on any atom is -0.488 e. The van der Waals surface area contributed by atoms with E-state index in [4.69, 9.17) is 4.74 Å². The fourth-order valence-electron chi connectivity index (χ4n) is 4.67. The van der Waals surface area contributed by atoms with Crippen LogP contribution in [0.3, 0.4) is 0 Å². The van der Waals surface area contributed by atoms with Crippen molar-refractivity contribution in [2.75, 3.05) is 19.7 Å². The summed E-state index contributed by atoms with van der Waals surface area (Å²) < 4.78 is 37.6. The largest absolute Gasteiger partial charge is 0.488 e. The lowest BCUT2D eigenvalue weighted by molar-refractivity contribution is 0.0906. The van der Waals surface area contributed by atoms with Gasteiger partial charge >= 0.3 is 0 Å². The van der Waals surface area contributed by atoms with E-state index in [1.54, 1.807) is 6.07 Å². The molecule has 0 bridgehead atoms. The molecule has 0 radical (unpaired) electrons. The maximum atomic E-state index is 15.2. The molecule has 2 aliphatic heterocycles. The van der Waals surface area contributed by atoms with E-state index in [9.17, 15) is 14.3 Å². The van der Waals surface area contributed by atoms with E-state index in [1.165, 1.54) is 0 Å². The summed E-state index contributed by atoms with van der Waals surface area (Å²) in [6.07, 6.45) is 1.67. The van der Waals surface area contributed by atoms with Crippen molar-refractivity contribution in [2.24, 2.45) is 0 Å². The molecule has 0 unspecified atom stereocenters. The molecule has 33 heavy (non-hydrogen) atoms. The highest BCUT2D eigenvalue weighted by Crippen LogP contribution is 2.38. The van der Waals surface area contributed by atoms with Crippen LogP contribution in [0.5, 0.6) is 5.75 Å². The molecular formula is C23H25F2N5O3. The fraction of sp³-hybridized carbons (Fsp3) is 0.435. The first kappa shape index (κ1) is 21.7. The zero-order valence-corrected chi connectivity index (χ0v) is 18.1. The van der Waals surface area contributed by atoms with Gasteiger partial charge in [0.2, 0.25) is 0 Å². The molecule has 4 heterocycles. The molecule has 174 valence electrons. The zero-order chi connectivity index (χ0) is 23.1. The Labute approximate surface area is 188 Å². The number of nitrogens with zero attached hydrogens (tertiary/aromatic N) is 3. The van der Waals surface area contributed by atoms with Crippen LogP contribution in [0.2, 0.25) is 0 Å². The Hall–Kier alpha value is -3.11. The first-order valence-electron chi connectivity index (χ1n) is 11.1. The number of aliphatic hydroxyl groups is 1. The predicted molar refractivity (Wildman–Crippen MR) is 116 cm³/mol. The van der Waals surface area contributed by atoms with Crippen LogP contribution < -0.4 is 15.4 Å². The molecule has 1 amide bonds. The summed E-state index contributed by atoms with van der Waals surface area (Å²) in [5.41, 5.74) is 1.04. The van der Waals surface area contributed by atoms with Crippen molar-refractivity contribution >= 4 is 16.9 Å². The van der Waals surface area contributed by atoms with Gasteiger partial charge in [-0.05, 0) is 38.1 Å². The van der Waals surface area contributed by atoms with Crippen LogP contribution in [0, 0.1) is 11.6 Å². The van der Waals surface area contributed by atoms with E-state index < -0.39 is 35.6 Å². The van der Waals surface area contributed by atoms with Crippen molar-refractivity contribution < 1.29 is 23.4 Å². The third kappa shape index (κ3) is 3.93. The van der Waals surface area contributed by atoms with Crippen molar-refractivity contribution in [3.05, 3.63) is 52.9 Å². The quantitative estimate of drug-likeness (QED) is 0.553. The number of hydrogen-bond acceptors (Lipinski definition) is 6. The van der Waals surface area contributed by atoms with Gasteiger partial charge in [0.25, 0.3) is 5.91 Å². The third-order valence-corrected chi connectivity index (χ3v) is 6.44. The second-order valence-electron chi connectivity index (χ2n) is 8.53. The minimum atomic E-state index is -0.797. The molecule has 1 aromatic carbocycles. The highest BCUT2D eigenvalue weighted by molar-refractivity contribution is 5.95. The number of carbonyl (C=O) groups excluding carboxylic acids is 1. The third-order valence-electron chi connectivity index (χ3n) is 6.44. The summed E-state index contributed by atoms with van der Waals surface area (Å²) in [7, 11) is 0. The van der Waals surface area contributed by atoms with E-state index in [2.05, 4.69) is 20.8 Å². The number of rotatable bonds is 4. The molecule has 0 spiro atoms. The van der Waals surface area contributed by atoms with Gasteiger partial charge < -0.3 is 25.0 Å². The average molecular weight is 457 g/mol. The van der Waals surface area contributed by atoms with Crippen LogP contribution in [-0.2, 0) is 13.0 Å². The van der Waals surface area contributed by atoms with E-state index in [0.717, 1.165) is 18.0 Å². The molecule has 8 nitrogen and oxygen atoms in total. The van der Waals surface area contributed by atoms with Crippen molar-refractivity contribution in [1.29, 1.82) is 0 Å². The predicted octanol–water partition coefficient (Wildman–Crippen LogP) is 1.90. The fourth-order valence-corrected chi connectivity index (χ4v) is 4.67.